The van der Waals surface area contributed by atoms with Crippen LogP contribution in [0, 0.1) is 20.8 Å². The quantitative estimate of drug-likeness (QED) is 0.567. The topological polar surface area (TPSA) is 40.5 Å². The number of carbonyl (C=O) groups is 1. The fourth-order valence-electron chi connectivity index (χ4n) is 3.68. The summed E-state index contributed by atoms with van der Waals surface area (Å²) in [6, 6.07) is 11.1. The van der Waals surface area contributed by atoms with Crippen LogP contribution in [0.5, 0.6) is 0 Å². The molecule has 0 radical (unpaired) electrons. The van der Waals surface area contributed by atoms with Gasteiger partial charge in [-0.2, -0.15) is 0 Å². The van der Waals surface area contributed by atoms with Gasteiger partial charge in [0.25, 0.3) is 0 Å². The van der Waals surface area contributed by atoms with Gasteiger partial charge in [0.1, 0.15) is 0 Å². The third-order valence-corrected chi connectivity index (χ3v) is 6.06. The van der Waals surface area contributed by atoms with Crippen molar-refractivity contribution in [3.63, 3.8) is 0 Å². The number of benzene rings is 2. The molecule has 0 heterocycles. The SMILES string of the molecule is CC[C@@H](Cc1ccc(C)c(CN(C)CCC(=O)O)c1)c1cc(C)c(Cl)c(C)c1. The first-order valence-electron chi connectivity index (χ1n) is 9.96. The summed E-state index contributed by atoms with van der Waals surface area (Å²) < 4.78 is 0. The zero-order chi connectivity index (χ0) is 20.8. The zero-order valence-electron chi connectivity index (χ0n) is 17.7. The van der Waals surface area contributed by atoms with Crippen LogP contribution in [0.15, 0.2) is 30.3 Å². The minimum atomic E-state index is -0.753. The first-order valence-corrected chi connectivity index (χ1v) is 10.3. The molecule has 0 aromatic heterocycles. The first-order chi connectivity index (χ1) is 13.2. The maximum absolute atomic E-state index is 10.8. The van der Waals surface area contributed by atoms with Gasteiger partial charge < -0.3 is 10.0 Å². The largest absolute Gasteiger partial charge is 0.481 e. The molecule has 0 aliphatic carbocycles. The van der Waals surface area contributed by atoms with Crippen molar-refractivity contribution in [2.75, 3.05) is 13.6 Å². The van der Waals surface area contributed by atoms with Crippen molar-refractivity contribution in [2.45, 2.75) is 59.4 Å². The van der Waals surface area contributed by atoms with Gasteiger partial charge in [-0.05, 0) is 80.0 Å². The molecule has 0 fully saturated rings. The van der Waals surface area contributed by atoms with Crippen molar-refractivity contribution < 1.29 is 9.90 Å². The standard InChI is InChI=1S/C24H32ClNO2/c1-6-20(21-11-17(3)24(25)18(4)12-21)13-19-8-7-16(2)22(14-19)15-26(5)10-9-23(27)28/h7-8,11-12,14,20H,6,9-10,13,15H2,1-5H3,(H,27,28)/t20-/m0/s1. The van der Waals surface area contributed by atoms with Gasteiger partial charge in [-0.3, -0.25) is 4.79 Å². The molecule has 3 nitrogen and oxygen atoms in total. The van der Waals surface area contributed by atoms with E-state index in [2.05, 4.69) is 62.9 Å². The van der Waals surface area contributed by atoms with Gasteiger partial charge in [0.05, 0.1) is 6.42 Å². The summed E-state index contributed by atoms with van der Waals surface area (Å²) in [6.45, 7) is 9.82. The molecule has 1 N–H and O–H groups in total. The van der Waals surface area contributed by atoms with Crippen LogP contribution in [-0.4, -0.2) is 29.6 Å². The van der Waals surface area contributed by atoms with Gasteiger partial charge in [-0.1, -0.05) is 48.9 Å². The molecule has 0 aliphatic heterocycles. The molecule has 0 bridgehead atoms. The van der Waals surface area contributed by atoms with Gasteiger partial charge in [0, 0.05) is 18.1 Å². The summed E-state index contributed by atoms with van der Waals surface area (Å²) in [5, 5.41) is 9.74. The molecule has 0 saturated carbocycles. The molecule has 0 amide bonds. The molecule has 1 atom stereocenters. The van der Waals surface area contributed by atoms with Crippen LogP contribution in [-0.2, 0) is 17.8 Å². The van der Waals surface area contributed by atoms with E-state index in [1.807, 2.05) is 7.05 Å². The van der Waals surface area contributed by atoms with E-state index >= 15 is 0 Å². The maximum atomic E-state index is 10.8. The van der Waals surface area contributed by atoms with E-state index in [1.165, 1.54) is 22.3 Å². The fourth-order valence-corrected chi connectivity index (χ4v) is 3.79. The molecule has 152 valence electrons. The minimum absolute atomic E-state index is 0.169. The van der Waals surface area contributed by atoms with Crippen LogP contribution in [0.4, 0.5) is 0 Å². The molecule has 0 aliphatic rings. The van der Waals surface area contributed by atoms with Crippen molar-refractivity contribution >= 4 is 17.6 Å². The monoisotopic (exact) mass is 401 g/mol. The number of aryl methyl sites for hydroxylation is 3. The third-order valence-electron chi connectivity index (χ3n) is 5.47. The Balaban J connectivity index is 2.17. The summed E-state index contributed by atoms with van der Waals surface area (Å²) >= 11 is 6.35. The number of hydrogen-bond donors (Lipinski definition) is 1. The number of nitrogens with zero attached hydrogens (tertiary/aromatic N) is 1. The third kappa shape index (κ3) is 6.08. The lowest BCUT2D eigenvalue weighted by Gasteiger charge is -2.20. The number of aliphatic carboxylic acids is 1. The highest BCUT2D eigenvalue weighted by molar-refractivity contribution is 6.32. The van der Waals surface area contributed by atoms with Gasteiger partial charge in [0.2, 0.25) is 0 Å². The van der Waals surface area contributed by atoms with Gasteiger partial charge in [0.15, 0.2) is 0 Å². The van der Waals surface area contributed by atoms with E-state index in [0.29, 0.717) is 12.5 Å². The van der Waals surface area contributed by atoms with Gasteiger partial charge in [-0.15, -0.1) is 0 Å². The van der Waals surface area contributed by atoms with Crippen LogP contribution in [0.2, 0.25) is 5.02 Å². The Bertz CT molecular complexity index is 808. The molecule has 0 unspecified atom stereocenters. The lowest BCUT2D eigenvalue weighted by atomic mass is 9.87. The Kier molecular flexibility index (Phi) is 8.09. The second kappa shape index (κ2) is 10.1. The van der Waals surface area contributed by atoms with E-state index < -0.39 is 5.97 Å². The average Bonchev–Trinajstić information content (AvgIpc) is 2.64. The molecule has 2 aromatic carbocycles. The number of halogens is 1. The Hall–Kier alpha value is -1.84. The normalized spacial score (nSPS) is 12.4. The van der Waals surface area contributed by atoms with Crippen LogP contribution < -0.4 is 0 Å². The lowest BCUT2D eigenvalue weighted by Crippen LogP contribution is -2.21. The Morgan fingerprint density at radius 2 is 1.75 bits per heavy atom. The molecule has 2 rings (SSSR count). The van der Waals surface area contributed by atoms with Crippen LogP contribution in [0.25, 0.3) is 0 Å². The molecule has 28 heavy (non-hydrogen) atoms. The minimum Gasteiger partial charge on any atom is -0.481 e. The Morgan fingerprint density at radius 3 is 2.32 bits per heavy atom. The number of carboxylic acids is 1. The van der Waals surface area contributed by atoms with Crippen LogP contribution in [0.1, 0.15) is 59.1 Å². The average molecular weight is 402 g/mol. The maximum Gasteiger partial charge on any atom is 0.304 e. The van der Waals surface area contributed by atoms with Crippen LogP contribution in [0.3, 0.4) is 0 Å². The highest BCUT2D eigenvalue weighted by atomic mass is 35.5. The van der Waals surface area contributed by atoms with Gasteiger partial charge in [-0.25, -0.2) is 0 Å². The summed E-state index contributed by atoms with van der Waals surface area (Å²) in [4.78, 5) is 12.9. The second-order valence-electron chi connectivity index (χ2n) is 7.92. The Labute approximate surface area is 174 Å². The molecule has 4 heteroatoms. The second-order valence-corrected chi connectivity index (χ2v) is 8.30. The van der Waals surface area contributed by atoms with Gasteiger partial charge >= 0.3 is 5.97 Å². The Morgan fingerprint density at radius 1 is 1.11 bits per heavy atom. The highest BCUT2D eigenvalue weighted by Crippen LogP contribution is 2.30. The summed E-state index contributed by atoms with van der Waals surface area (Å²) in [5.41, 5.74) is 7.47. The van der Waals surface area contributed by atoms with Crippen molar-refractivity contribution in [3.8, 4) is 0 Å². The summed E-state index contributed by atoms with van der Waals surface area (Å²) in [6.07, 6.45) is 2.23. The predicted octanol–water partition coefficient (Wildman–Crippen LogP) is 5.91. The van der Waals surface area contributed by atoms with Crippen molar-refractivity contribution in [2.24, 2.45) is 0 Å². The molecule has 2 aromatic rings. The summed E-state index contributed by atoms with van der Waals surface area (Å²) in [7, 11) is 1.98. The van der Waals surface area contributed by atoms with E-state index in [0.717, 1.165) is 35.5 Å². The van der Waals surface area contributed by atoms with E-state index in [4.69, 9.17) is 16.7 Å². The van der Waals surface area contributed by atoms with Crippen molar-refractivity contribution in [3.05, 3.63) is 68.7 Å². The smallest absolute Gasteiger partial charge is 0.304 e. The molecule has 0 saturated heterocycles. The highest BCUT2D eigenvalue weighted by Gasteiger charge is 2.14. The molecular formula is C24H32ClNO2. The zero-order valence-corrected chi connectivity index (χ0v) is 18.4. The van der Waals surface area contributed by atoms with E-state index in [9.17, 15) is 4.79 Å². The van der Waals surface area contributed by atoms with Crippen molar-refractivity contribution in [1.82, 2.24) is 4.90 Å². The summed E-state index contributed by atoms with van der Waals surface area (Å²) in [5.74, 6) is -0.299. The predicted molar refractivity (Wildman–Crippen MR) is 117 cm³/mol. The number of carboxylic acid groups (broad SMARTS) is 1. The molecule has 0 spiro atoms. The fraction of sp³-hybridized carbons (Fsp3) is 0.458. The van der Waals surface area contributed by atoms with Crippen molar-refractivity contribution in [1.29, 1.82) is 0 Å². The van der Waals surface area contributed by atoms with E-state index in [1.54, 1.807) is 0 Å². The lowest BCUT2D eigenvalue weighted by molar-refractivity contribution is -0.137. The van der Waals surface area contributed by atoms with E-state index in [-0.39, 0.29) is 6.42 Å². The molecular weight excluding hydrogens is 370 g/mol. The number of rotatable bonds is 9. The van der Waals surface area contributed by atoms with Crippen LogP contribution >= 0.6 is 11.6 Å². The first kappa shape index (κ1) is 22.4. The number of hydrogen-bond acceptors (Lipinski definition) is 2.